The van der Waals surface area contributed by atoms with Crippen LogP contribution in [0.2, 0.25) is 0 Å². The third-order valence-corrected chi connectivity index (χ3v) is 5.03. The van der Waals surface area contributed by atoms with Crippen LogP contribution in [0.15, 0.2) is 54.9 Å². The summed E-state index contributed by atoms with van der Waals surface area (Å²) in [7, 11) is 3.88. The monoisotopic (exact) mass is 339 g/mol. The Balaban J connectivity index is 1.69. The van der Waals surface area contributed by atoms with E-state index in [1.54, 1.807) is 30.3 Å². The van der Waals surface area contributed by atoms with Gasteiger partial charge < -0.3 is 10.0 Å². The Morgan fingerprint density at radius 2 is 2.08 bits per heavy atom. The van der Waals surface area contributed by atoms with Gasteiger partial charge in [0, 0.05) is 32.0 Å². The number of rotatable bonds is 5. The summed E-state index contributed by atoms with van der Waals surface area (Å²) >= 11 is 0. The fourth-order valence-corrected chi connectivity index (χ4v) is 3.72. The average Bonchev–Trinajstić information content (AvgIpc) is 3.02. The summed E-state index contributed by atoms with van der Waals surface area (Å²) in [5, 5.41) is 10.4. The fourth-order valence-electron chi connectivity index (χ4n) is 3.72. The Hall–Kier alpha value is -2.24. The van der Waals surface area contributed by atoms with Crippen molar-refractivity contribution < 1.29 is 9.90 Å². The van der Waals surface area contributed by atoms with Gasteiger partial charge in [0.25, 0.3) is 5.91 Å². The summed E-state index contributed by atoms with van der Waals surface area (Å²) in [5.41, 5.74) is 1.81. The van der Waals surface area contributed by atoms with Crippen molar-refractivity contribution in [2.24, 2.45) is 5.92 Å². The van der Waals surface area contributed by atoms with E-state index in [-0.39, 0.29) is 11.9 Å². The lowest BCUT2D eigenvalue weighted by atomic mass is 9.94. The largest absolute Gasteiger partial charge is 0.378 e. The molecule has 3 rings (SSSR count). The van der Waals surface area contributed by atoms with Crippen molar-refractivity contribution >= 4 is 5.91 Å². The van der Waals surface area contributed by atoms with Crippen molar-refractivity contribution in [2.45, 2.75) is 18.6 Å². The van der Waals surface area contributed by atoms with Gasteiger partial charge >= 0.3 is 0 Å². The zero-order valence-electron chi connectivity index (χ0n) is 14.7. The van der Waals surface area contributed by atoms with E-state index in [0.29, 0.717) is 18.0 Å². The number of benzene rings is 1. The molecule has 0 saturated carbocycles. The topological polar surface area (TPSA) is 56.7 Å². The first kappa shape index (κ1) is 17.6. The Kier molecular flexibility index (Phi) is 5.46. The highest BCUT2D eigenvalue weighted by atomic mass is 16.3. The second-order valence-corrected chi connectivity index (χ2v) is 6.79. The lowest BCUT2D eigenvalue weighted by molar-refractivity contribution is -0.139. The Labute approximate surface area is 148 Å². The molecule has 1 fully saturated rings. The van der Waals surface area contributed by atoms with Crippen LogP contribution in [0.5, 0.6) is 0 Å². The van der Waals surface area contributed by atoms with Gasteiger partial charge in [-0.05, 0) is 43.1 Å². The van der Waals surface area contributed by atoms with E-state index in [1.807, 2.05) is 30.5 Å². The number of hydrogen-bond acceptors (Lipinski definition) is 4. The van der Waals surface area contributed by atoms with Crippen molar-refractivity contribution in [2.75, 3.05) is 27.2 Å². The van der Waals surface area contributed by atoms with Crippen LogP contribution in [0.25, 0.3) is 0 Å². The number of amides is 1. The van der Waals surface area contributed by atoms with Gasteiger partial charge in [-0.2, -0.15) is 0 Å². The summed E-state index contributed by atoms with van der Waals surface area (Å²) < 4.78 is 0. The van der Waals surface area contributed by atoms with E-state index in [9.17, 15) is 9.90 Å². The summed E-state index contributed by atoms with van der Waals surface area (Å²) in [6, 6.07) is 13.4. The van der Waals surface area contributed by atoms with Crippen LogP contribution in [0.3, 0.4) is 0 Å². The molecule has 1 amide bonds. The van der Waals surface area contributed by atoms with E-state index in [0.717, 1.165) is 13.0 Å². The van der Waals surface area contributed by atoms with Crippen molar-refractivity contribution in [3.05, 3.63) is 66.0 Å². The number of aliphatic hydroxyl groups is 1. The van der Waals surface area contributed by atoms with Crippen LogP contribution in [-0.4, -0.2) is 53.0 Å². The van der Waals surface area contributed by atoms with E-state index >= 15 is 0 Å². The summed E-state index contributed by atoms with van der Waals surface area (Å²) in [4.78, 5) is 20.8. The van der Waals surface area contributed by atoms with Crippen LogP contribution < -0.4 is 0 Å². The van der Waals surface area contributed by atoms with Crippen LogP contribution in [-0.2, 0) is 4.79 Å². The lowest BCUT2D eigenvalue weighted by Crippen LogP contribution is -2.37. The molecule has 3 atom stereocenters. The summed E-state index contributed by atoms with van der Waals surface area (Å²) in [6.45, 7) is 1.61. The van der Waals surface area contributed by atoms with E-state index in [2.05, 4.69) is 23.0 Å². The normalized spacial score (nSPS) is 21.9. The number of hydrogen-bond donors (Lipinski definition) is 1. The Morgan fingerprint density at radius 1 is 1.32 bits per heavy atom. The number of aromatic nitrogens is 1. The maximum atomic E-state index is 12.6. The maximum absolute atomic E-state index is 12.6. The van der Waals surface area contributed by atoms with Crippen LogP contribution in [0, 0.1) is 5.92 Å². The molecule has 1 N–H and O–H groups in total. The molecule has 1 aromatic carbocycles. The third kappa shape index (κ3) is 3.89. The smallest absolute Gasteiger partial charge is 0.255 e. The van der Waals surface area contributed by atoms with Crippen LogP contribution in [0.1, 0.15) is 29.7 Å². The molecule has 1 aromatic heterocycles. The molecule has 0 bridgehead atoms. The average molecular weight is 339 g/mol. The standard InChI is InChI=1S/C20H25N3O2/c1-22-12-10-17(18(22)16-9-6-11-21-13-16)14-23(2)20(25)19(24)15-7-4-3-5-8-15/h3-9,11,13,17-19,24H,10,12,14H2,1-2H3/t17-,18-,19-/m0/s1. The summed E-state index contributed by atoms with van der Waals surface area (Å²) in [5.74, 6) is 0.0665. The number of likely N-dealkylation sites (N-methyl/N-ethyl adjacent to an activating group) is 1. The minimum Gasteiger partial charge on any atom is -0.378 e. The number of carbonyl (C=O) groups is 1. The molecule has 0 aliphatic carbocycles. The quantitative estimate of drug-likeness (QED) is 0.908. The summed E-state index contributed by atoms with van der Waals surface area (Å²) in [6.07, 6.45) is 3.59. The van der Waals surface area contributed by atoms with Crippen LogP contribution in [0.4, 0.5) is 0 Å². The zero-order valence-corrected chi connectivity index (χ0v) is 14.7. The molecule has 0 spiro atoms. The molecule has 0 unspecified atom stereocenters. The molecule has 1 saturated heterocycles. The van der Waals surface area contributed by atoms with Crippen LogP contribution >= 0.6 is 0 Å². The van der Waals surface area contributed by atoms with Gasteiger partial charge in [-0.15, -0.1) is 0 Å². The van der Waals surface area contributed by atoms with Gasteiger partial charge in [0.05, 0.1) is 0 Å². The first-order valence-corrected chi connectivity index (χ1v) is 8.66. The molecule has 2 aromatic rings. The van der Waals surface area contributed by atoms with Crippen molar-refractivity contribution in [3.63, 3.8) is 0 Å². The molecule has 2 heterocycles. The first-order chi connectivity index (χ1) is 12.1. The van der Waals surface area contributed by atoms with E-state index in [1.165, 1.54) is 5.56 Å². The predicted molar refractivity (Wildman–Crippen MR) is 96.8 cm³/mol. The second-order valence-electron chi connectivity index (χ2n) is 6.79. The van der Waals surface area contributed by atoms with E-state index in [4.69, 9.17) is 0 Å². The van der Waals surface area contributed by atoms with Gasteiger partial charge in [-0.3, -0.25) is 14.7 Å². The van der Waals surface area contributed by atoms with Gasteiger partial charge in [0.15, 0.2) is 6.10 Å². The second kappa shape index (κ2) is 7.76. The molecule has 5 nitrogen and oxygen atoms in total. The SMILES string of the molecule is CN(C[C@@H]1CCN(C)[C@H]1c1cccnc1)C(=O)[C@@H](O)c1ccccc1. The minimum absolute atomic E-state index is 0.248. The zero-order chi connectivity index (χ0) is 17.8. The number of pyridine rings is 1. The number of likely N-dealkylation sites (tertiary alicyclic amines) is 1. The highest BCUT2D eigenvalue weighted by molar-refractivity contribution is 5.81. The molecule has 1 aliphatic heterocycles. The highest BCUT2D eigenvalue weighted by Crippen LogP contribution is 2.36. The van der Waals surface area contributed by atoms with Gasteiger partial charge in [-0.25, -0.2) is 0 Å². The molecule has 0 radical (unpaired) electrons. The van der Waals surface area contributed by atoms with Gasteiger partial charge in [-0.1, -0.05) is 36.4 Å². The van der Waals surface area contributed by atoms with Crippen molar-refractivity contribution in [1.29, 1.82) is 0 Å². The van der Waals surface area contributed by atoms with Crippen molar-refractivity contribution in [1.82, 2.24) is 14.8 Å². The number of carbonyl (C=O) groups excluding carboxylic acids is 1. The van der Waals surface area contributed by atoms with Crippen molar-refractivity contribution in [3.8, 4) is 0 Å². The maximum Gasteiger partial charge on any atom is 0.255 e. The number of aliphatic hydroxyl groups excluding tert-OH is 1. The molecular weight excluding hydrogens is 314 g/mol. The molecule has 5 heteroatoms. The highest BCUT2D eigenvalue weighted by Gasteiger charge is 2.35. The predicted octanol–water partition coefficient (Wildman–Crippen LogP) is 2.27. The molecule has 1 aliphatic rings. The van der Waals surface area contributed by atoms with Gasteiger partial charge in [0.1, 0.15) is 0 Å². The first-order valence-electron chi connectivity index (χ1n) is 8.66. The molecule has 25 heavy (non-hydrogen) atoms. The minimum atomic E-state index is -1.11. The van der Waals surface area contributed by atoms with E-state index < -0.39 is 6.10 Å². The number of nitrogens with zero attached hydrogens (tertiary/aromatic N) is 3. The lowest BCUT2D eigenvalue weighted by Gasteiger charge is -2.29. The Bertz CT molecular complexity index is 693. The molecular formula is C20H25N3O2. The fraction of sp³-hybridized carbons (Fsp3) is 0.400. The van der Waals surface area contributed by atoms with Gasteiger partial charge in [0.2, 0.25) is 0 Å². The molecule has 132 valence electrons. The third-order valence-electron chi connectivity index (χ3n) is 5.03. The Morgan fingerprint density at radius 3 is 2.76 bits per heavy atom.